The zero-order chi connectivity index (χ0) is 15.4. The molecule has 0 aromatic heterocycles. The Morgan fingerprint density at radius 2 is 1.75 bits per heavy atom. The van der Waals surface area contributed by atoms with Crippen molar-refractivity contribution in [3.8, 4) is 0 Å². The van der Waals surface area contributed by atoms with E-state index in [2.05, 4.69) is 0 Å². The Hall–Kier alpha value is -1.22. The average Bonchev–Trinajstić information content (AvgIpc) is 2.34. The third-order valence-electron chi connectivity index (χ3n) is 2.30. The van der Waals surface area contributed by atoms with Gasteiger partial charge in [0.25, 0.3) is 10.1 Å². The first-order valence-electron chi connectivity index (χ1n) is 5.70. The molecule has 20 heavy (non-hydrogen) atoms. The van der Waals surface area contributed by atoms with Gasteiger partial charge in [0.05, 0.1) is 11.5 Å². The fraction of sp³-hybridized carbons (Fsp3) is 0.333. The Kier molecular flexibility index (Phi) is 5.46. The van der Waals surface area contributed by atoms with Crippen LogP contribution in [-0.2, 0) is 24.1 Å². The second kappa shape index (κ2) is 6.49. The largest absolute Gasteiger partial charge is 0.322 e. The van der Waals surface area contributed by atoms with E-state index in [1.165, 1.54) is 18.2 Å². The van der Waals surface area contributed by atoms with Gasteiger partial charge in [0.1, 0.15) is 0 Å². The van der Waals surface area contributed by atoms with E-state index in [4.69, 9.17) is 9.92 Å². The molecule has 6 nitrogen and oxygen atoms in total. The van der Waals surface area contributed by atoms with E-state index in [9.17, 15) is 16.8 Å². The van der Waals surface area contributed by atoms with E-state index in [1.807, 2.05) is 6.92 Å². The number of nitrogens with two attached hydrogens (primary N) is 1. The van der Waals surface area contributed by atoms with Crippen molar-refractivity contribution in [2.45, 2.75) is 17.9 Å². The van der Waals surface area contributed by atoms with Gasteiger partial charge in [-0.25, -0.2) is 8.42 Å². The first kappa shape index (κ1) is 16.8. The minimum absolute atomic E-state index is 0.0300. The lowest BCUT2D eigenvalue weighted by molar-refractivity contribution is 0.308. The molecule has 0 amide bonds. The van der Waals surface area contributed by atoms with Crippen molar-refractivity contribution in [1.29, 1.82) is 0 Å². The summed E-state index contributed by atoms with van der Waals surface area (Å²) in [5, 5.41) is 0.916. The fourth-order valence-electron chi connectivity index (χ4n) is 1.24. The fourth-order valence-corrected chi connectivity index (χ4v) is 2.67. The first-order chi connectivity index (χ1) is 9.10. The summed E-state index contributed by atoms with van der Waals surface area (Å²) in [7, 11) is -7.18. The lowest BCUT2D eigenvalue weighted by Crippen LogP contribution is -2.26. The standard InChI is InChI=1S/C12H17NO5S2/c1-10-3-5-12(6-4-10)20(16,17)18-9-11(13)7-8-19(2,14)15/h3-8,11H,9,13H2,1-2H3/b8-7+/t11-/m0/s1. The van der Waals surface area contributed by atoms with E-state index in [0.717, 1.165) is 17.2 Å². The molecule has 0 bridgehead atoms. The summed E-state index contributed by atoms with van der Waals surface area (Å²) >= 11 is 0. The van der Waals surface area contributed by atoms with E-state index in [-0.39, 0.29) is 11.5 Å². The van der Waals surface area contributed by atoms with Gasteiger partial charge in [-0.2, -0.15) is 8.42 Å². The molecule has 0 saturated heterocycles. The normalized spacial score (nSPS) is 14.6. The zero-order valence-corrected chi connectivity index (χ0v) is 12.8. The van der Waals surface area contributed by atoms with Crippen molar-refractivity contribution >= 4 is 20.0 Å². The number of hydrogen-bond acceptors (Lipinski definition) is 6. The van der Waals surface area contributed by atoms with Crippen molar-refractivity contribution in [1.82, 2.24) is 0 Å². The molecular formula is C12H17NO5S2. The molecule has 1 aromatic carbocycles. The monoisotopic (exact) mass is 319 g/mol. The molecule has 0 radical (unpaired) electrons. The number of aryl methyl sites for hydroxylation is 1. The van der Waals surface area contributed by atoms with Crippen molar-refractivity contribution < 1.29 is 21.0 Å². The Morgan fingerprint density at radius 3 is 2.25 bits per heavy atom. The van der Waals surface area contributed by atoms with Gasteiger partial charge in [0.2, 0.25) is 0 Å². The van der Waals surface area contributed by atoms with Gasteiger partial charge < -0.3 is 5.73 Å². The van der Waals surface area contributed by atoms with Crippen LogP contribution in [0.1, 0.15) is 5.56 Å². The number of rotatable bonds is 6. The minimum Gasteiger partial charge on any atom is -0.322 e. The molecule has 0 unspecified atom stereocenters. The Bertz CT molecular complexity index is 675. The maximum Gasteiger partial charge on any atom is 0.297 e. The molecule has 0 aliphatic heterocycles. The van der Waals surface area contributed by atoms with E-state index in [1.54, 1.807) is 12.1 Å². The lowest BCUT2D eigenvalue weighted by Gasteiger charge is -2.08. The Balaban J connectivity index is 2.69. The molecule has 0 fully saturated rings. The first-order valence-corrected chi connectivity index (χ1v) is 9.06. The topological polar surface area (TPSA) is 104 Å². The van der Waals surface area contributed by atoms with Crippen molar-refractivity contribution in [3.63, 3.8) is 0 Å². The summed E-state index contributed by atoms with van der Waals surface area (Å²) in [6.07, 6.45) is 2.19. The van der Waals surface area contributed by atoms with Gasteiger partial charge in [0, 0.05) is 17.7 Å². The molecule has 0 spiro atoms. The third kappa shape index (κ3) is 5.83. The molecule has 1 atom stereocenters. The van der Waals surface area contributed by atoms with Gasteiger partial charge >= 0.3 is 0 Å². The maximum atomic E-state index is 11.8. The highest BCUT2D eigenvalue weighted by atomic mass is 32.2. The summed E-state index contributed by atoms with van der Waals surface area (Å²) in [5.74, 6) is 0. The quantitative estimate of drug-likeness (QED) is 0.770. The van der Waals surface area contributed by atoms with Crippen LogP contribution in [0.5, 0.6) is 0 Å². The van der Waals surface area contributed by atoms with Crippen LogP contribution >= 0.6 is 0 Å². The SMILES string of the molecule is Cc1ccc(S(=O)(=O)OC[C@@H](N)/C=C/S(C)(=O)=O)cc1. The van der Waals surface area contributed by atoms with Crippen molar-refractivity contribution in [2.75, 3.05) is 12.9 Å². The van der Waals surface area contributed by atoms with Gasteiger partial charge in [-0.1, -0.05) is 23.8 Å². The van der Waals surface area contributed by atoms with Crippen LogP contribution in [0.2, 0.25) is 0 Å². The molecule has 8 heteroatoms. The third-order valence-corrected chi connectivity index (χ3v) is 4.25. The minimum atomic E-state index is -3.89. The summed E-state index contributed by atoms with van der Waals surface area (Å²) in [6, 6.07) is 5.34. The highest BCUT2D eigenvalue weighted by Crippen LogP contribution is 2.13. The van der Waals surface area contributed by atoms with E-state index >= 15 is 0 Å². The van der Waals surface area contributed by atoms with Gasteiger partial charge in [0.15, 0.2) is 9.84 Å². The smallest absolute Gasteiger partial charge is 0.297 e. The Morgan fingerprint density at radius 1 is 1.20 bits per heavy atom. The number of sulfone groups is 1. The van der Waals surface area contributed by atoms with Crippen LogP contribution in [0, 0.1) is 6.92 Å². The molecule has 0 heterocycles. The van der Waals surface area contributed by atoms with Crippen LogP contribution < -0.4 is 5.73 Å². The summed E-state index contributed by atoms with van der Waals surface area (Å²) in [6.45, 7) is 1.51. The molecule has 1 rings (SSSR count). The van der Waals surface area contributed by atoms with Crippen molar-refractivity contribution in [2.24, 2.45) is 5.73 Å². The average molecular weight is 319 g/mol. The number of hydrogen-bond donors (Lipinski definition) is 1. The molecule has 0 aliphatic carbocycles. The predicted molar refractivity (Wildman–Crippen MR) is 76.3 cm³/mol. The second-order valence-electron chi connectivity index (χ2n) is 4.37. The predicted octanol–water partition coefficient (Wildman–Crippen LogP) is 0.586. The van der Waals surface area contributed by atoms with Crippen LogP contribution in [0.25, 0.3) is 0 Å². The Labute approximate surface area is 119 Å². The van der Waals surface area contributed by atoms with Crippen molar-refractivity contribution in [3.05, 3.63) is 41.3 Å². The summed E-state index contributed by atoms with van der Waals surface area (Å²) < 4.78 is 50.2. The molecule has 112 valence electrons. The van der Waals surface area contributed by atoms with E-state index in [0.29, 0.717) is 0 Å². The van der Waals surface area contributed by atoms with Crippen LogP contribution in [0.3, 0.4) is 0 Å². The van der Waals surface area contributed by atoms with Crippen LogP contribution in [-0.4, -0.2) is 35.7 Å². The highest BCUT2D eigenvalue weighted by Gasteiger charge is 2.16. The van der Waals surface area contributed by atoms with Crippen LogP contribution in [0.15, 0.2) is 40.6 Å². The zero-order valence-electron chi connectivity index (χ0n) is 11.2. The van der Waals surface area contributed by atoms with Gasteiger partial charge in [-0.05, 0) is 19.1 Å². The summed E-state index contributed by atoms with van der Waals surface area (Å²) in [4.78, 5) is 0.0300. The summed E-state index contributed by atoms with van der Waals surface area (Å²) in [5.41, 5.74) is 6.48. The molecule has 0 aliphatic rings. The molecular weight excluding hydrogens is 302 g/mol. The van der Waals surface area contributed by atoms with Crippen LogP contribution in [0.4, 0.5) is 0 Å². The van der Waals surface area contributed by atoms with Gasteiger partial charge in [-0.15, -0.1) is 0 Å². The highest BCUT2D eigenvalue weighted by molar-refractivity contribution is 7.93. The number of benzene rings is 1. The maximum absolute atomic E-state index is 11.8. The second-order valence-corrected chi connectivity index (χ2v) is 7.92. The molecule has 0 saturated carbocycles. The van der Waals surface area contributed by atoms with E-state index < -0.39 is 26.0 Å². The van der Waals surface area contributed by atoms with Gasteiger partial charge in [-0.3, -0.25) is 4.18 Å². The molecule has 2 N–H and O–H groups in total. The molecule has 1 aromatic rings. The lowest BCUT2D eigenvalue weighted by atomic mass is 10.2.